The number of hydrogen-bond donors (Lipinski definition) is 0. The lowest BCUT2D eigenvalue weighted by atomic mass is 10.0. The van der Waals surface area contributed by atoms with E-state index in [1.165, 1.54) is 0 Å². The fraction of sp³-hybridized carbons (Fsp3) is 0.227. The Morgan fingerprint density at radius 3 is 2.72 bits per heavy atom. The molecule has 1 saturated heterocycles. The van der Waals surface area contributed by atoms with E-state index in [9.17, 15) is 4.79 Å². The highest BCUT2D eigenvalue weighted by atomic mass is 16.5. The Balaban J connectivity index is 1.71. The molecule has 1 aliphatic heterocycles. The van der Waals surface area contributed by atoms with Crippen molar-refractivity contribution in [2.45, 2.75) is 18.9 Å². The average molecular weight is 331 g/mol. The molecule has 126 valence electrons. The van der Waals surface area contributed by atoms with E-state index >= 15 is 0 Å². The molecule has 3 heteroatoms. The second-order valence-corrected chi connectivity index (χ2v) is 6.46. The third-order valence-corrected chi connectivity index (χ3v) is 5.01. The summed E-state index contributed by atoms with van der Waals surface area (Å²) in [6, 6.07) is 22.2. The first-order chi connectivity index (χ1) is 12.3. The molecule has 1 heterocycles. The zero-order chi connectivity index (χ0) is 17.2. The van der Waals surface area contributed by atoms with Crippen LogP contribution in [0.4, 0.5) is 0 Å². The molecule has 0 bridgehead atoms. The smallest absolute Gasteiger partial charge is 0.254 e. The lowest BCUT2D eigenvalue weighted by Crippen LogP contribution is -2.30. The molecule has 0 N–H and O–H groups in total. The van der Waals surface area contributed by atoms with E-state index in [4.69, 9.17) is 4.74 Å². The highest BCUT2D eigenvalue weighted by Crippen LogP contribution is 2.35. The third kappa shape index (κ3) is 2.86. The van der Waals surface area contributed by atoms with Gasteiger partial charge in [-0.05, 0) is 47.4 Å². The van der Waals surface area contributed by atoms with Crippen molar-refractivity contribution in [2.75, 3.05) is 13.7 Å². The normalized spacial score (nSPS) is 17.0. The highest BCUT2D eigenvalue weighted by molar-refractivity contribution is 6.07. The topological polar surface area (TPSA) is 29.5 Å². The number of carbonyl (C=O) groups excluding carboxylic acids is 1. The number of ether oxygens (including phenoxy) is 1. The second-order valence-electron chi connectivity index (χ2n) is 6.46. The van der Waals surface area contributed by atoms with Crippen LogP contribution in [0.1, 0.15) is 34.8 Å². The van der Waals surface area contributed by atoms with Gasteiger partial charge in [0, 0.05) is 12.1 Å². The Bertz CT molecular complexity index is 913. The Hall–Kier alpha value is -2.81. The largest absolute Gasteiger partial charge is 0.497 e. The molecular formula is C22H21NO2. The van der Waals surface area contributed by atoms with Crippen molar-refractivity contribution in [3.63, 3.8) is 0 Å². The molecule has 1 unspecified atom stereocenters. The summed E-state index contributed by atoms with van der Waals surface area (Å²) in [5.74, 6) is 0.948. The van der Waals surface area contributed by atoms with Gasteiger partial charge in [-0.1, -0.05) is 48.5 Å². The molecule has 0 spiro atoms. The van der Waals surface area contributed by atoms with E-state index in [0.717, 1.165) is 47.0 Å². The number of nitrogens with zero attached hydrogens (tertiary/aromatic N) is 1. The fourth-order valence-corrected chi connectivity index (χ4v) is 3.77. The maximum Gasteiger partial charge on any atom is 0.254 e. The maximum atomic E-state index is 13.3. The number of hydrogen-bond acceptors (Lipinski definition) is 2. The molecule has 0 aromatic heterocycles. The molecule has 3 nitrogen and oxygen atoms in total. The SMILES string of the molecule is COc1cccc(C2CCCN2C(=O)c2cccc3ccccc23)c1. The second kappa shape index (κ2) is 6.60. The number of likely N-dealkylation sites (tertiary alicyclic amines) is 1. The van der Waals surface area contributed by atoms with Crippen LogP contribution in [-0.2, 0) is 0 Å². The molecule has 4 rings (SSSR count). The van der Waals surface area contributed by atoms with Gasteiger partial charge in [-0.25, -0.2) is 0 Å². The van der Waals surface area contributed by atoms with Crippen LogP contribution in [0.5, 0.6) is 5.75 Å². The minimum Gasteiger partial charge on any atom is -0.497 e. The summed E-state index contributed by atoms with van der Waals surface area (Å²) >= 11 is 0. The van der Waals surface area contributed by atoms with E-state index in [1.807, 2.05) is 53.4 Å². The summed E-state index contributed by atoms with van der Waals surface area (Å²) in [4.78, 5) is 15.3. The third-order valence-electron chi connectivity index (χ3n) is 5.01. The van der Waals surface area contributed by atoms with Crippen LogP contribution in [0, 0.1) is 0 Å². The van der Waals surface area contributed by atoms with Crippen LogP contribution in [0.3, 0.4) is 0 Å². The lowest BCUT2D eigenvalue weighted by molar-refractivity contribution is 0.0737. The summed E-state index contributed by atoms with van der Waals surface area (Å²) in [5.41, 5.74) is 1.93. The number of fused-ring (bicyclic) bond motifs is 1. The number of methoxy groups -OCH3 is 1. The van der Waals surface area contributed by atoms with Crippen molar-refractivity contribution >= 4 is 16.7 Å². The van der Waals surface area contributed by atoms with E-state index in [0.29, 0.717) is 0 Å². The predicted molar refractivity (Wildman–Crippen MR) is 100.0 cm³/mol. The van der Waals surface area contributed by atoms with Gasteiger partial charge in [0.15, 0.2) is 0 Å². The van der Waals surface area contributed by atoms with Gasteiger partial charge in [0.2, 0.25) is 0 Å². The molecule has 1 atom stereocenters. The molecule has 25 heavy (non-hydrogen) atoms. The van der Waals surface area contributed by atoms with E-state index in [-0.39, 0.29) is 11.9 Å². The Kier molecular flexibility index (Phi) is 4.14. The van der Waals surface area contributed by atoms with E-state index < -0.39 is 0 Å². The number of carbonyl (C=O) groups is 1. The first-order valence-corrected chi connectivity index (χ1v) is 8.70. The average Bonchev–Trinajstić information content (AvgIpc) is 3.17. The molecule has 1 fully saturated rings. The fourth-order valence-electron chi connectivity index (χ4n) is 3.77. The highest BCUT2D eigenvalue weighted by Gasteiger charge is 2.31. The Morgan fingerprint density at radius 2 is 1.84 bits per heavy atom. The Labute approximate surface area is 147 Å². The van der Waals surface area contributed by atoms with Gasteiger partial charge >= 0.3 is 0 Å². The minimum atomic E-state index is 0.113. The van der Waals surface area contributed by atoms with E-state index in [2.05, 4.69) is 18.2 Å². The number of amides is 1. The van der Waals surface area contributed by atoms with Gasteiger partial charge in [0.25, 0.3) is 5.91 Å². The van der Waals surface area contributed by atoms with Crippen molar-refractivity contribution in [1.82, 2.24) is 4.90 Å². The molecule has 1 aliphatic rings. The summed E-state index contributed by atoms with van der Waals surface area (Å²) in [5, 5.41) is 2.12. The van der Waals surface area contributed by atoms with Gasteiger partial charge < -0.3 is 9.64 Å². The van der Waals surface area contributed by atoms with Crippen LogP contribution in [0.15, 0.2) is 66.7 Å². The molecular weight excluding hydrogens is 310 g/mol. The molecule has 1 amide bonds. The van der Waals surface area contributed by atoms with Gasteiger partial charge in [-0.15, -0.1) is 0 Å². The minimum absolute atomic E-state index is 0.113. The molecule has 0 saturated carbocycles. The first-order valence-electron chi connectivity index (χ1n) is 8.70. The van der Waals surface area contributed by atoms with Crippen molar-refractivity contribution in [3.05, 3.63) is 77.9 Å². The molecule has 0 aliphatic carbocycles. The van der Waals surface area contributed by atoms with Crippen LogP contribution in [0.25, 0.3) is 10.8 Å². The van der Waals surface area contributed by atoms with Crippen LogP contribution < -0.4 is 4.74 Å². The zero-order valence-corrected chi connectivity index (χ0v) is 14.3. The zero-order valence-electron chi connectivity index (χ0n) is 14.3. The van der Waals surface area contributed by atoms with Gasteiger partial charge in [0.1, 0.15) is 5.75 Å². The summed E-state index contributed by atoms with van der Waals surface area (Å²) < 4.78 is 5.35. The molecule has 3 aromatic carbocycles. The van der Waals surface area contributed by atoms with Gasteiger partial charge in [-0.3, -0.25) is 4.79 Å². The van der Waals surface area contributed by atoms with Crippen LogP contribution >= 0.6 is 0 Å². The lowest BCUT2D eigenvalue weighted by Gasteiger charge is -2.26. The van der Waals surface area contributed by atoms with Crippen molar-refractivity contribution in [2.24, 2.45) is 0 Å². The van der Waals surface area contributed by atoms with Crippen molar-refractivity contribution < 1.29 is 9.53 Å². The van der Waals surface area contributed by atoms with Gasteiger partial charge in [0.05, 0.1) is 13.2 Å². The van der Waals surface area contributed by atoms with E-state index in [1.54, 1.807) is 7.11 Å². The first kappa shape index (κ1) is 15.7. The predicted octanol–water partition coefficient (Wildman–Crippen LogP) is 4.83. The quantitative estimate of drug-likeness (QED) is 0.688. The molecule has 3 aromatic rings. The summed E-state index contributed by atoms with van der Waals surface area (Å²) in [7, 11) is 1.67. The summed E-state index contributed by atoms with van der Waals surface area (Å²) in [6.45, 7) is 0.796. The number of benzene rings is 3. The molecule has 0 radical (unpaired) electrons. The van der Waals surface area contributed by atoms with Crippen LogP contribution in [-0.4, -0.2) is 24.5 Å². The van der Waals surface area contributed by atoms with Gasteiger partial charge in [-0.2, -0.15) is 0 Å². The monoisotopic (exact) mass is 331 g/mol. The Morgan fingerprint density at radius 1 is 1.04 bits per heavy atom. The maximum absolute atomic E-state index is 13.3. The van der Waals surface area contributed by atoms with Crippen molar-refractivity contribution in [3.8, 4) is 5.75 Å². The van der Waals surface area contributed by atoms with Crippen molar-refractivity contribution in [1.29, 1.82) is 0 Å². The van der Waals surface area contributed by atoms with Crippen LogP contribution in [0.2, 0.25) is 0 Å². The number of rotatable bonds is 3. The summed E-state index contributed by atoms with van der Waals surface area (Å²) in [6.07, 6.45) is 2.02. The standard InChI is InChI=1S/C22H21NO2/c1-25-18-10-4-9-17(15-18)21-13-6-14-23(21)22(24)20-12-5-8-16-7-2-3-11-19(16)20/h2-5,7-12,15,21H,6,13-14H2,1H3.